The van der Waals surface area contributed by atoms with E-state index in [1.165, 1.54) is 25.7 Å². The van der Waals surface area contributed by atoms with Crippen LogP contribution in [0, 0.1) is 10.8 Å². The van der Waals surface area contributed by atoms with Gasteiger partial charge in [0.05, 0.1) is 13.2 Å². The first-order chi connectivity index (χ1) is 12.1. The minimum absolute atomic E-state index is 0.0949. The minimum atomic E-state index is -0.0949. The van der Waals surface area contributed by atoms with Crippen LogP contribution < -0.4 is 10.6 Å². The maximum Gasteiger partial charge on any atom is 0.191 e. The molecule has 25 heavy (non-hydrogen) atoms. The van der Waals surface area contributed by atoms with Crippen molar-refractivity contribution in [2.75, 3.05) is 39.5 Å². The maximum atomic E-state index is 9.76. The summed E-state index contributed by atoms with van der Waals surface area (Å²) in [6.45, 7) is 12.7. The molecule has 0 saturated heterocycles. The molecular weight excluding hydrogens is 314 g/mol. The second-order valence-electron chi connectivity index (χ2n) is 7.57. The SMILES string of the molecule is CCNC(=NCC(CC)(CC)CO)NCC1(CCOCC)CCCC1. The zero-order valence-corrected chi connectivity index (χ0v) is 17.0. The highest BCUT2D eigenvalue weighted by Crippen LogP contribution is 2.40. The number of rotatable bonds is 12. The lowest BCUT2D eigenvalue weighted by Gasteiger charge is -2.31. The molecule has 0 aliphatic heterocycles. The highest BCUT2D eigenvalue weighted by molar-refractivity contribution is 5.79. The van der Waals surface area contributed by atoms with E-state index in [1.54, 1.807) is 0 Å². The number of aliphatic imine (C=N–C) groups is 1. The summed E-state index contributed by atoms with van der Waals surface area (Å²) >= 11 is 0. The third kappa shape index (κ3) is 7.14. The third-order valence-electron chi connectivity index (χ3n) is 6.03. The van der Waals surface area contributed by atoms with E-state index in [1.807, 2.05) is 0 Å². The highest BCUT2D eigenvalue weighted by atomic mass is 16.5. The fraction of sp³-hybridized carbons (Fsp3) is 0.950. The maximum absolute atomic E-state index is 9.76. The summed E-state index contributed by atoms with van der Waals surface area (Å²) in [4.78, 5) is 4.79. The molecular formula is C20H41N3O2. The van der Waals surface area contributed by atoms with E-state index in [-0.39, 0.29) is 12.0 Å². The molecule has 0 aromatic carbocycles. The van der Waals surface area contributed by atoms with Crippen molar-refractivity contribution in [1.82, 2.24) is 10.6 Å². The molecule has 0 amide bonds. The van der Waals surface area contributed by atoms with Crippen LogP contribution in [0.25, 0.3) is 0 Å². The topological polar surface area (TPSA) is 65.9 Å². The predicted molar refractivity (Wildman–Crippen MR) is 106 cm³/mol. The molecule has 1 aliphatic carbocycles. The first-order valence-electron chi connectivity index (χ1n) is 10.3. The summed E-state index contributed by atoms with van der Waals surface area (Å²) in [5.74, 6) is 0.880. The fourth-order valence-corrected chi connectivity index (χ4v) is 3.68. The Morgan fingerprint density at radius 3 is 2.32 bits per heavy atom. The molecule has 0 aromatic rings. The van der Waals surface area contributed by atoms with Crippen LogP contribution in [0.3, 0.4) is 0 Å². The van der Waals surface area contributed by atoms with Gasteiger partial charge < -0.3 is 20.5 Å². The van der Waals surface area contributed by atoms with E-state index in [9.17, 15) is 5.11 Å². The zero-order valence-electron chi connectivity index (χ0n) is 17.0. The number of nitrogens with zero attached hydrogens (tertiary/aromatic N) is 1. The molecule has 0 unspecified atom stereocenters. The zero-order chi connectivity index (χ0) is 18.6. The van der Waals surface area contributed by atoms with Crippen LogP contribution in [0.4, 0.5) is 0 Å². The monoisotopic (exact) mass is 355 g/mol. The smallest absolute Gasteiger partial charge is 0.191 e. The molecule has 1 saturated carbocycles. The molecule has 5 nitrogen and oxygen atoms in total. The molecule has 0 spiro atoms. The third-order valence-corrected chi connectivity index (χ3v) is 6.03. The number of hydrogen-bond donors (Lipinski definition) is 3. The first-order valence-corrected chi connectivity index (χ1v) is 10.3. The van der Waals surface area contributed by atoms with E-state index >= 15 is 0 Å². The molecule has 148 valence electrons. The van der Waals surface area contributed by atoms with Crippen LogP contribution in [0.5, 0.6) is 0 Å². The Morgan fingerprint density at radius 2 is 1.80 bits per heavy atom. The second kappa shape index (κ2) is 11.7. The van der Waals surface area contributed by atoms with Crippen LogP contribution in [0.15, 0.2) is 4.99 Å². The summed E-state index contributed by atoms with van der Waals surface area (Å²) in [5.41, 5.74) is 0.247. The summed E-state index contributed by atoms with van der Waals surface area (Å²) in [7, 11) is 0. The molecule has 5 heteroatoms. The second-order valence-corrected chi connectivity index (χ2v) is 7.57. The summed E-state index contributed by atoms with van der Waals surface area (Å²) in [6.07, 6.45) is 8.20. The van der Waals surface area contributed by atoms with Gasteiger partial charge >= 0.3 is 0 Å². The molecule has 0 atom stereocenters. The van der Waals surface area contributed by atoms with Gasteiger partial charge in [-0.1, -0.05) is 26.7 Å². The Bertz CT molecular complexity index is 367. The lowest BCUT2D eigenvalue weighted by molar-refractivity contribution is 0.105. The van der Waals surface area contributed by atoms with Crippen LogP contribution >= 0.6 is 0 Å². The number of ether oxygens (including phenoxy) is 1. The summed E-state index contributed by atoms with van der Waals surface area (Å²) in [6, 6.07) is 0. The molecule has 1 aliphatic rings. The van der Waals surface area contributed by atoms with Gasteiger partial charge in [0.25, 0.3) is 0 Å². The number of aliphatic hydroxyl groups excluding tert-OH is 1. The molecule has 0 radical (unpaired) electrons. The number of guanidine groups is 1. The van der Waals surface area contributed by atoms with Crippen molar-refractivity contribution in [3.8, 4) is 0 Å². The molecule has 1 rings (SSSR count). The van der Waals surface area contributed by atoms with Gasteiger partial charge in [-0.15, -0.1) is 0 Å². The Balaban J connectivity index is 2.67. The first kappa shape index (κ1) is 22.2. The lowest BCUT2D eigenvalue weighted by atomic mass is 9.83. The van der Waals surface area contributed by atoms with Crippen molar-refractivity contribution in [1.29, 1.82) is 0 Å². The van der Waals surface area contributed by atoms with E-state index in [4.69, 9.17) is 9.73 Å². The molecule has 0 heterocycles. The van der Waals surface area contributed by atoms with Gasteiger partial charge in [0, 0.05) is 31.7 Å². The van der Waals surface area contributed by atoms with Gasteiger partial charge in [-0.3, -0.25) is 4.99 Å². The number of nitrogens with one attached hydrogen (secondary N) is 2. The predicted octanol–water partition coefficient (Wildman–Crippen LogP) is 3.33. The Kier molecular flexibility index (Phi) is 10.4. The largest absolute Gasteiger partial charge is 0.396 e. The van der Waals surface area contributed by atoms with E-state index in [0.717, 1.165) is 51.5 Å². The van der Waals surface area contributed by atoms with Crippen molar-refractivity contribution >= 4 is 5.96 Å². The van der Waals surface area contributed by atoms with Crippen LogP contribution in [0.1, 0.15) is 72.6 Å². The minimum Gasteiger partial charge on any atom is -0.396 e. The van der Waals surface area contributed by atoms with Crippen molar-refractivity contribution < 1.29 is 9.84 Å². The summed E-state index contributed by atoms with van der Waals surface area (Å²) in [5, 5.41) is 16.7. The van der Waals surface area contributed by atoms with E-state index in [0.29, 0.717) is 12.0 Å². The quantitative estimate of drug-likeness (QED) is 0.285. The van der Waals surface area contributed by atoms with Gasteiger partial charge in [0.2, 0.25) is 0 Å². The fourth-order valence-electron chi connectivity index (χ4n) is 3.68. The van der Waals surface area contributed by atoms with E-state index < -0.39 is 0 Å². The normalized spacial score (nSPS) is 17.7. The van der Waals surface area contributed by atoms with Gasteiger partial charge in [0.15, 0.2) is 5.96 Å². The average Bonchev–Trinajstić information content (AvgIpc) is 3.10. The van der Waals surface area contributed by atoms with Crippen LogP contribution in [0.2, 0.25) is 0 Å². The van der Waals surface area contributed by atoms with E-state index in [2.05, 4.69) is 38.3 Å². The average molecular weight is 356 g/mol. The molecule has 3 N–H and O–H groups in total. The standard InChI is InChI=1S/C20H41N3O2/c1-5-19(6-2,17-24)15-22-18(21-7-3)23-16-20(11-9-10-12-20)13-14-25-8-4/h24H,5-17H2,1-4H3,(H2,21,22,23). The van der Waals surface area contributed by atoms with Gasteiger partial charge in [0.1, 0.15) is 0 Å². The molecule has 0 bridgehead atoms. The van der Waals surface area contributed by atoms with Crippen molar-refractivity contribution in [3.63, 3.8) is 0 Å². The number of hydrogen-bond acceptors (Lipinski definition) is 3. The van der Waals surface area contributed by atoms with Gasteiger partial charge in [-0.05, 0) is 51.4 Å². The Labute approximate surface area is 155 Å². The summed E-state index contributed by atoms with van der Waals surface area (Å²) < 4.78 is 5.61. The van der Waals surface area contributed by atoms with Gasteiger partial charge in [-0.2, -0.15) is 0 Å². The van der Waals surface area contributed by atoms with Crippen LogP contribution in [-0.2, 0) is 4.74 Å². The lowest BCUT2D eigenvalue weighted by Crippen LogP contribution is -2.44. The number of aliphatic hydroxyl groups is 1. The Morgan fingerprint density at radius 1 is 1.12 bits per heavy atom. The molecule has 1 fully saturated rings. The van der Waals surface area contributed by atoms with Crippen molar-refractivity contribution in [2.24, 2.45) is 15.8 Å². The molecule has 0 aromatic heterocycles. The van der Waals surface area contributed by atoms with Crippen molar-refractivity contribution in [2.45, 2.75) is 72.6 Å². The highest BCUT2D eigenvalue weighted by Gasteiger charge is 2.33. The Hall–Kier alpha value is -0.810. The van der Waals surface area contributed by atoms with Crippen LogP contribution in [-0.4, -0.2) is 50.5 Å². The van der Waals surface area contributed by atoms with Crippen molar-refractivity contribution in [3.05, 3.63) is 0 Å². The van der Waals surface area contributed by atoms with Gasteiger partial charge in [-0.25, -0.2) is 0 Å².